The summed E-state index contributed by atoms with van der Waals surface area (Å²) in [5.41, 5.74) is 1.95. The summed E-state index contributed by atoms with van der Waals surface area (Å²) in [4.78, 5) is 39.0. The zero-order valence-corrected chi connectivity index (χ0v) is 16.8. The zero-order chi connectivity index (χ0) is 19.5. The van der Waals surface area contributed by atoms with Crippen molar-refractivity contribution in [3.63, 3.8) is 0 Å². The van der Waals surface area contributed by atoms with Gasteiger partial charge in [0.05, 0.1) is 17.7 Å². The quantitative estimate of drug-likeness (QED) is 0.713. The van der Waals surface area contributed by atoms with Crippen molar-refractivity contribution in [2.45, 2.75) is 19.4 Å². The van der Waals surface area contributed by atoms with Crippen LogP contribution in [0.15, 0.2) is 48.5 Å². The van der Waals surface area contributed by atoms with E-state index in [1.807, 2.05) is 30.3 Å². The Morgan fingerprint density at radius 3 is 2.55 bits per heavy atom. The number of halogens is 1. The first-order valence-electron chi connectivity index (χ1n) is 9.66. The summed E-state index contributed by atoms with van der Waals surface area (Å²) in [5.74, 6) is -0.276. The summed E-state index contributed by atoms with van der Waals surface area (Å²) < 4.78 is 0. The first-order valence-corrected chi connectivity index (χ1v) is 9.66. The molecule has 1 fully saturated rings. The van der Waals surface area contributed by atoms with Crippen LogP contribution in [0, 0.1) is 5.92 Å². The summed E-state index contributed by atoms with van der Waals surface area (Å²) in [6.07, 6.45) is 2.08. The molecule has 0 bridgehead atoms. The standard InChI is InChI=1S/C22H23N3O3.ClH/c26-20(24-11-9-15-8-10-23-13-15)17-6-7-18-19(12-17)22(28)25(21(18)27)14-16-4-2-1-3-5-16;/h1-7,12,15,23H,8-11,13-14H2,(H,24,26);1H. The molecular formula is C22H24ClN3O3. The molecule has 1 atom stereocenters. The molecular weight excluding hydrogens is 390 g/mol. The zero-order valence-electron chi connectivity index (χ0n) is 16.0. The number of hydrogen-bond donors (Lipinski definition) is 2. The van der Waals surface area contributed by atoms with E-state index in [0.29, 0.717) is 29.2 Å². The number of nitrogens with one attached hydrogen (secondary N) is 2. The van der Waals surface area contributed by atoms with Crippen LogP contribution in [0.4, 0.5) is 0 Å². The van der Waals surface area contributed by atoms with Crippen molar-refractivity contribution >= 4 is 30.1 Å². The molecule has 0 aromatic heterocycles. The first-order chi connectivity index (χ1) is 13.6. The van der Waals surface area contributed by atoms with E-state index in [1.54, 1.807) is 12.1 Å². The highest BCUT2D eigenvalue weighted by Crippen LogP contribution is 2.25. The van der Waals surface area contributed by atoms with Crippen LogP contribution in [0.5, 0.6) is 0 Å². The molecule has 2 aliphatic rings. The molecule has 2 N–H and O–H groups in total. The summed E-state index contributed by atoms with van der Waals surface area (Å²) in [6, 6.07) is 14.1. The van der Waals surface area contributed by atoms with Gasteiger partial charge in [-0.25, -0.2) is 0 Å². The van der Waals surface area contributed by atoms with E-state index < -0.39 is 0 Å². The number of amides is 3. The van der Waals surface area contributed by atoms with Gasteiger partial charge in [0, 0.05) is 12.1 Å². The van der Waals surface area contributed by atoms with E-state index in [0.717, 1.165) is 31.5 Å². The SMILES string of the molecule is Cl.O=C(NCCC1CCNC1)c1ccc2c(c1)C(=O)N(Cc1ccccc1)C2=O. The second kappa shape index (κ2) is 9.20. The van der Waals surface area contributed by atoms with E-state index in [1.165, 1.54) is 11.0 Å². The Labute approximate surface area is 176 Å². The van der Waals surface area contributed by atoms with Crippen LogP contribution in [0.1, 0.15) is 49.5 Å². The van der Waals surface area contributed by atoms with Crippen LogP contribution < -0.4 is 10.6 Å². The Morgan fingerprint density at radius 2 is 1.83 bits per heavy atom. The van der Waals surface area contributed by atoms with Gasteiger partial charge in [-0.2, -0.15) is 0 Å². The molecule has 2 aromatic carbocycles. The Morgan fingerprint density at radius 1 is 1.07 bits per heavy atom. The summed E-state index contributed by atoms with van der Waals surface area (Å²) in [7, 11) is 0. The fraction of sp³-hybridized carbons (Fsp3) is 0.318. The van der Waals surface area contributed by atoms with E-state index in [-0.39, 0.29) is 36.7 Å². The maximum atomic E-state index is 12.7. The Kier molecular flexibility index (Phi) is 6.67. The molecule has 0 saturated carbocycles. The van der Waals surface area contributed by atoms with E-state index in [2.05, 4.69) is 10.6 Å². The molecule has 1 saturated heterocycles. The number of carbonyl (C=O) groups is 3. The molecule has 152 valence electrons. The third kappa shape index (κ3) is 4.49. The number of hydrogen-bond acceptors (Lipinski definition) is 4. The molecule has 1 unspecified atom stereocenters. The van der Waals surface area contributed by atoms with Crippen molar-refractivity contribution in [2.75, 3.05) is 19.6 Å². The number of nitrogens with zero attached hydrogens (tertiary/aromatic N) is 1. The summed E-state index contributed by atoms with van der Waals surface area (Å²) >= 11 is 0. The Bertz CT molecular complexity index is 911. The van der Waals surface area contributed by atoms with Crippen LogP contribution in [-0.2, 0) is 6.54 Å². The van der Waals surface area contributed by atoms with Crippen molar-refractivity contribution in [1.82, 2.24) is 15.5 Å². The minimum absolute atomic E-state index is 0. The van der Waals surface area contributed by atoms with Crippen molar-refractivity contribution < 1.29 is 14.4 Å². The van der Waals surface area contributed by atoms with Gasteiger partial charge in [-0.1, -0.05) is 30.3 Å². The lowest BCUT2D eigenvalue weighted by molar-refractivity contribution is 0.0642. The number of imide groups is 1. The largest absolute Gasteiger partial charge is 0.352 e. The van der Waals surface area contributed by atoms with Gasteiger partial charge in [-0.05, 0) is 55.6 Å². The van der Waals surface area contributed by atoms with Crippen LogP contribution in [0.25, 0.3) is 0 Å². The number of carbonyl (C=O) groups excluding carboxylic acids is 3. The van der Waals surface area contributed by atoms with Gasteiger partial charge in [0.1, 0.15) is 0 Å². The lowest BCUT2D eigenvalue weighted by Gasteiger charge is -2.13. The second-order valence-electron chi connectivity index (χ2n) is 7.35. The monoisotopic (exact) mass is 413 g/mol. The maximum Gasteiger partial charge on any atom is 0.261 e. The minimum atomic E-state index is -0.351. The van der Waals surface area contributed by atoms with Crippen molar-refractivity contribution in [1.29, 1.82) is 0 Å². The lowest BCUT2D eigenvalue weighted by atomic mass is 10.0. The van der Waals surface area contributed by atoms with Crippen LogP contribution in [0.3, 0.4) is 0 Å². The van der Waals surface area contributed by atoms with E-state index >= 15 is 0 Å². The Hall–Kier alpha value is -2.70. The van der Waals surface area contributed by atoms with Crippen molar-refractivity contribution in [3.8, 4) is 0 Å². The average molecular weight is 414 g/mol. The molecule has 2 aliphatic heterocycles. The molecule has 3 amide bonds. The summed E-state index contributed by atoms with van der Waals surface area (Å²) in [5, 5.41) is 6.23. The van der Waals surface area contributed by atoms with Gasteiger partial charge >= 0.3 is 0 Å². The van der Waals surface area contributed by atoms with Gasteiger partial charge in [0.25, 0.3) is 17.7 Å². The highest BCUT2D eigenvalue weighted by atomic mass is 35.5. The van der Waals surface area contributed by atoms with Gasteiger partial charge in [-0.15, -0.1) is 12.4 Å². The van der Waals surface area contributed by atoms with Gasteiger partial charge in [-0.3, -0.25) is 19.3 Å². The molecule has 2 heterocycles. The second-order valence-corrected chi connectivity index (χ2v) is 7.35. The lowest BCUT2D eigenvalue weighted by Crippen LogP contribution is -2.29. The minimum Gasteiger partial charge on any atom is -0.352 e. The molecule has 7 heteroatoms. The Balaban J connectivity index is 0.00000240. The van der Waals surface area contributed by atoms with Crippen LogP contribution in [-0.4, -0.2) is 42.3 Å². The molecule has 0 radical (unpaired) electrons. The first kappa shape index (κ1) is 21.0. The van der Waals surface area contributed by atoms with E-state index in [9.17, 15) is 14.4 Å². The predicted molar refractivity (Wildman–Crippen MR) is 112 cm³/mol. The third-order valence-corrected chi connectivity index (χ3v) is 5.42. The fourth-order valence-corrected chi connectivity index (χ4v) is 3.79. The predicted octanol–water partition coefficient (Wildman–Crippen LogP) is 2.63. The van der Waals surface area contributed by atoms with Crippen LogP contribution in [0.2, 0.25) is 0 Å². The number of benzene rings is 2. The molecule has 0 aliphatic carbocycles. The normalized spacial score (nSPS) is 17.8. The molecule has 0 spiro atoms. The van der Waals surface area contributed by atoms with Gasteiger partial charge in [0.15, 0.2) is 0 Å². The maximum absolute atomic E-state index is 12.7. The molecule has 29 heavy (non-hydrogen) atoms. The van der Waals surface area contributed by atoms with Crippen LogP contribution >= 0.6 is 12.4 Å². The third-order valence-electron chi connectivity index (χ3n) is 5.42. The molecule has 6 nitrogen and oxygen atoms in total. The molecule has 2 aromatic rings. The summed E-state index contributed by atoms with van der Waals surface area (Å²) in [6.45, 7) is 2.88. The highest BCUT2D eigenvalue weighted by molar-refractivity contribution is 6.22. The molecule has 4 rings (SSSR count). The smallest absolute Gasteiger partial charge is 0.261 e. The number of rotatable bonds is 6. The average Bonchev–Trinajstić information content (AvgIpc) is 3.31. The number of fused-ring (bicyclic) bond motifs is 1. The van der Waals surface area contributed by atoms with Gasteiger partial charge in [0.2, 0.25) is 0 Å². The van der Waals surface area contributed by atoms with Gasteiger partial charge < -0.3 is 10.6 Å². The van der Waals surface area contributed by atoms with Crippen molar-refractivity contribution in [2.24, 2.45) is 5.92 Å². The fourth-order valence-electron chi connectivity index (χ4n) is 3.79. The van der Waals surface area contributed by atoms with Crippen molar-refractivity contribution in [3.05, 3.63) is 70.8 Å². The topological polar surface area (TPSA) is 78.5 Å². The van der Waals surface area contributed by atoms with E-state index in [4.69, 9.17) is 0 Å². The highest BCUT2D eigenvalue weighted by Gasteiger charge is 2.36.